The molecule has 1 aromatic carbocycles. The molecule has 5 nitrogen and oxygen atoms in total. The Balaban J connectivity index is 2.47. The van der Waals surface area contributed by atoms with Crippen molar-refractivity contribution in [2.75, 3.05) is 13.2 Å². The number of carbonyl (C=O) groups excluding carboxylic acids is 1. The van der Waals surface area contributed by atoms with Gasteiger partial charge in [-0.1, -0.05) is 43.1 Å². The lowest BCUT2D eigenvalue weighted by molar-refractivity contribution is -0.121. The van der Waals surface area contributed by atoms with Crippen LogP contribution in [-0.4, -0.2) is 36.3 Å². The average molecular weight is 335 g/mol. The van der Waals surface area contributed by atoms with Gasteiger partial charge in [0.2, 0.25) is 5.91 Å². The van der Waals surface area contributed by atoms with Crippen molar-refractivity contribution in [1.82, 2.24) is 5.32 Å². The summed E-state index contributed by atoms with van der Waals surface area (Å²) in [5.74, 6) is -0.0870. The summed E-state index contributed by atoms with van der Waals surface area (Å²) in [6, 6.07) is 4.50. The minimum Gasteiger partial charge on any atom is -0.488 e. The number of primary amides is 1. The van der Waals surface area contributed by atoms with Crippen molar-refractivity contribution in [2.45, 2.75) is 26.0 Å². The maximum atomic E-state index is 11.2. The van der Waals surface area contributed by atoms with Crippen molar-refractivity contribution in [3.8, 4) is 5.75 Å². The third-order valence-electron chi connectivity index (χ3n) is 2.89. The molecule has 0 heterocycles. The predicted octanol–water partition coefficient (Wildman–Crippen LogP) is 1.83. The van der Waals surface area contributed by atoms with Crippen LogP contribution in [0.2, 0.25) is 10.0 Å². The molecule has 2 atom stereocenters. The highest BCUT2D eigenvalue weighted by atomic mass is 35.5. The Hall–Kier alpha value is -1.01. The third-order valence-corrected chi connectivity index (χ3v) is 3.48. The van der Waals surface area contributed by atoms with Crippen molar-refractivity contribution in [3.05, 3.63) is 28.2 Å². The third kappa shape index (κ3) is 5.71. The van der Waals surface area contributed by atoms with Gasteiger partial charge in [-0.25, -0.2) is 0 Å². The zero-order valence-corrected chi connectivity index (χ0v) is 13.5. The van der Waals surface area contributed by atoms with Gasteiger partial charge in [0.15, 0.2) is 5.75 Å². The average Bonchev–Trinajstić information content (AvgIpc) is 2.37. The number of para-hydroxylation sites is 1. The first kappa shape index (κ1) is 18.0. The number of halogens is 2. The first-order valence-electron chi connectivity index (χ1n) is 6.60. The molecule has 21 heavy (non-hydrogen) atoms. The Bertz CT molecular complexity index is 463. The van der Waals surface area contributed by atoms with Crippen LogP contribution in [0.5, 0.6) is 5.75 Å². The van der Waals surface area contributed by atoms with Gasteiger partial charge in [-0.15, -0.1) is 0 Å². The Labute approximate surface area is 134 Å². The minimum absolute atomic E-state index is 0.0000302. The zero-order valence-electron chi connectivity index (χ0n) is 12.0. The summed E-state index contributed by atoms with van der Waals surface area (Å²) < 4.78 is 5.41. The van der Waals surface area contributed by atoms with Crippen LogP contribution in [0, 0.1) is 5.92 Å². The van der Waals surface area contributed by atoms with Crippen molar-refractivity contribution >= 4 is 29.1 Å². The number of carbonyl (C=O) groups is 1. The molecule has 7 heteroatoms. The number of rotatable bonds is 8. The molecular formula is C14H20Cl2N2O3. The maximum Gasteiger partial charge on any atom is 0.234 e. The highest BCUT2D eigenvalue weighted by Crippen LogP contribution is 2.32. The molecule has 1 aromatic rings. The van der Waals surface area contributed by atoms with E-state index in [1.165, 1.54) is 0 Å². The van der Waals surface area contributed by atoms with Crippen LogP contribution in [0.25, 0.3) is 0 Å². The summed E-state index contributed by atoms with van der Waals surface area (Å²) in [4.78, 5) is 11.2. The summed E-state index contributed by atoms with van der Waals surface area (Å²) >= 11 is 11.9. The normalized spacial score (nSPS) is 14.0. The number of hydrogen-bond donors (Lipinski definition) is 3. The van der Waals surface area contributed by atoms with Gasteiger partial charge < -0.3 is 20.9 Å². The molecule has 118 valence electrons. The van der Waals surface area contributed by atoms with Gasteiger partial charge in [0.25, 0.3) is 0 Å². The lowest BCUT2D eigenvalue weighted by Crippen LogP contribution is -2.48. The summed E-state index contributed by atoms with van der Waals surface area (Å²) in [5.41, 5.74) is 5.28. The smallest absolute Gasteiger partial charge is 0.234 e. The molecule has 4 N–H and O–H groups in total. The maximum absolute atomic E-state index is 11.2. The number of ether oxygens (including phenoxy) is 1. The molecule has 1 amide bonds. The molecule has 0 aromatic heterocycles. The van der Waals surface area contributed by atoms with E-state index in [-0.39, 0.29) is 19.1 Å². The van der Waals surface area contributed by atoms with Gasteiger partial charge in [0.05, 0.1) is 16.1 Å². The Morgan fingerprint density at radius 2 is 1.95 bits per heavy atom. The van der Waals surface area contributed by atoms with Crippen molar-refractivity contribution in [3.63, 3.8) is 0 Å². The molecule has 2 unspecified atom stereocenters. The van der Waals surface area contributed by atoms with Crippen molar-refractivity contribution in [1.29, 1.82) is 0 Å². The van der Waals surface area contributed by atoms with Gasteiger partial charge in [0, 0.05) is 6.54 Å². The van der Waals surface area contributed by atoms with Crippen LogP contribution in [0.4, 0.5) is 0 Å². The van der Waals surface area contributed by atoms with Gasteiger partial charge in [-0.05, 0) is 18.1 Å². The summed E-state index contributed by atoms with van der Waals surface area (Å²) in [6.07, 6.45) is -0.821. The number of nitrogens with one attached hydrogen (secondary N) is 1. The number of hydrogen-bond acceptors (Lipinski definition) is 4. The molecule has 0 saturated heterocycles. The van der Waals surface area contributed by atoms with Gasteiger partial charge >= 0.3 is 0 Å². The number of benzene rings is 1. The fourth-order valence-corrected chi connectivity index (χ4v) is 2.29. The second-order valence-electron chi connectivity index (χ2n) is 5.05. The molecule has 1 rings (SSSR count). The van der Waals surface area contributed by atoms with Crippen LogP contribution in [-0.2, 0) is 4.79 Å². The molecule has 0 spiro atoms. The fourth-order valence-electron chi connectivity index (χ4n) is 1.79. The van der Waals surface area contributed by atoms with E-state index in [4.69, 9.17) is 33.7 Å². The molecule has 0 saturated carbocycles. The second-order valence-corrected chi connectivity index (χ2v) is 5.86. The topological polar surface area (TPSA) is 84.6 Å². The molecule has 0 radical (unpaired) electrons. The van der Waals surface area contributed by atoms with Crippen molar-refractivity contribution in [2.24, 2.45) is 11.7 Å². The van der Waals surface area contributed by atoms with E-state index < -0.39 is 18.1 Å². The summed E-state index contributed by atoms with van der Waals surface area (Å²) in [6.45, 7) is 3.91. The Morgan fingerprint density at radius 1 is 1.38 bits per heavy atom. The van der Waals surface area contributed by atoms with Crippen LogP contribution in [0.1, 0.15) is 13.8 Å². The van der Waals surface area contributed by atoms with Crippen LogP contribution >= 0.6 is 23.2 Å². The van der Waals surface area contributed by atoms with Crippen molar-refractivity contribution < 1.29 is 14.6 Å². The predicted molar refractivity (Wildman–Crippen MR) is 83.8 cm³/mol. The van der Waals surface area contributed by atoms with Crippen LogP contribution in [0.15, 0.2) is 18.2 Å². The fraction of sp³-hybridized carbons (Fsp3) is 0.500. The van der Waals surface area contributed by atoms with E-state index >= 15 is 0 Å². The van der Waals surface area contributed by atoms with E-state index in [2.05, 4.69) is 5.32 Å². The molecular weight excluding hydrogens is 315 g/mol. The SMILES string of the molecule is CC(C)C(NCC(O)COc1c(Cl)cccc1Cl)C(N)=O. The molecule has 0 fully saturated rings. The van der Waals surface area contributed by atoms with E-state index in [0.717, 1.165) is 0 Å². The quantitative estimate of drug-likeness (QED) is 0.677. The molecule has 0 aliphatic rings. The Morgan fingerprint density at radius 3 is 2.43 bits per heavy atom. The van der Waals surface area contributed by atoms with E-state index in [9.17, 15) is 9.90 Å². The second kappa shape index (κ2) is 8.44. The van der Waals surface area contributed by atoms with Gasteiger partial charge in [-0.3, -0.25) is 4.79 Å². The van der Waals surface area contributed by atoms with Crippen LogP contribution in [0.3, 0.4) is 0 Å². The summed E-state index contributed by atoms with van der Waals surface area (Å²) in [5, 5.41) is 13.5. The molecule has 0 bridgehead atoms. The largest absolute Gasteiger partial charge is 0.488 e. The highest BCUT2D eigenvalue weighted by Gasteiger charge is 2.20. The van der Waals surface area contributed by atoms with E-state index in [1.807, 2.05) is 13.8 Å². The van der Waals surface area contributed by atoms with E-state index in [0.29, 0.717) is 15.8 Å². The monoisotopic (exact) mass is 334 g/mol. The first-order chi connectivity index (χ1) is 9.82. The number of amides is 1. The number of aliphatic hydroxyl groups excluding tert-OH is 1. The molecule has 0 aliphatic heterocycles. The zero-order chi connectivity index (χ0) is 16.0. The number of aliphatic hydroxyl groups is 1. The van der Waals surface area contributed by atoms with Gasteiger partial charge in [0.1, 0.15) is 12.7 Å². The first-order valence-corrected chi connectivity index (χ1v) is 7.36. The highest BCUT2D eigenvalue weighted by molar-refractivity contribution is 6.37. The van der Waals surface area contributed by atoms with Gasteiger partial charge in [-0.2, -0.15) is 0 Å². The Kier molecular flexibility index (Phi) is 7.25. The van der Waals surface area contributed by atoms with E-state index in [1.54, 1.807) is 18.2 Å². The minimum atomic E-state index is -0.821. The number of nitrogens with two attached hydrogens (primary N) is 1. The lowest BCUT2D eigenvalue weighted by Gasteiger charge is -2.21. The van der Waals surface area contributed by atoms with Crippen LogP contribution < -0.4 is 15.8 Å². The lowest BCUT2D eigenvalue weighted by atomic mass is 10.0. The standard InChI is InChI=1S/C14H20Cl2N2O3/c1-8(2)12(14(17)20)18-6-9(19)7-21-13-10(15)4-3-5-11(13)16/h3-5,8-9,12,18-19H,6-7H2,1-2H3,(H2,17,20). The summed E-state index contributed by atoms with van der Waals surface area (Å²) in [7, 11) is 0. The molecule has 0 aliphatic carbocycles.